The number of nitrogens with one attached hydrogen (secondary N) is 3. The zero-order chi connectivity index (χ0) is 20.5. The van der Waals surface area contributed by atoms with Crippen LogP contribution in [0.15, 0.2) is 46.2 Å². The predicted molar refractivity (Wildman–Crippen MR) is 104 cm³/mol. The van der Waals surface area contributed by atoms with E-state index in [0.29, 0.717) is 10.6 Å². The molecule has 0 fully saturated rings. The molecule has 0 saturated heterocycles. The van der Waals surface area contributed by atoms with Crippen LogP contribution in [0.3, 0.4) is 0 Å². The van der Waals surface area contributed by atoms with Gasteiger partial charge in [0.1, 0.15) is 6.42 Å². The zero-order valence-electron chi connectivity index (χ0n) is 14.5. The lowest BCUT2D eigenvalue weighted by molar-refractivity contribution is -0.123. The minimum Gasteiger partial charge on any atom is -0.478 e. The van der Waals surface area contributed by atoms with Gasteiger partial charge in [-0.2, -0.15) is 0 Å². The van der Waals surface area contributed by atoms with Gasteiger partial charge in [0, 0.05) is 4.90 Å². The Morgan fingerprint density at radius 2 is 1.75 bits per heavy atom. The van der Waals surface area contributed by atoms with Crippen LogP contribution >= 0.6 is 11.8 Å². The van der Waals surface area contributed by atoms with Crippen molar-refractivity contribution >= 4 is 56.6 Å². The summed E-state index contributed by atoms with van der Waals surface area (Å²) in [5.74, 6) is -2.16. The standard InChI is InChI=1S/C17H15N3O6S2/c1-27-14-6-9(17(23)24)2-4-12(14)20-28(25,26)10-3-5-11-13(7-10)19-16(22)8-15(21)18-11/h2-7,20H,8H2,1H3,(H,18,21)(H,19,22)(H,23,24). The first-order chi connectivity index (χ1) is 13.2. The number of thioether (sulfide) groups is 1. The Balaban J connectivity index is 1.95. The largest absolute Gasteiger partial charge is 0.478 e. The molecule has 0 aromatic heterocycles. The van der Waals surface area contributed by atoms with Gasteiger partial charge in [-0.1, -0.05) is 0 Å². The fraction of sp³-hybridized carbons (Fsp3) is 0.118. The third-order valence-electron chi connectivity index (χ3n) is 3.86. The van der Waals surface area contributed by atoms with Crippen molar-refractivity contribution in [3.63, 3.8) is 0 Å². The smallest absolute Gasteiger partial charge is 0.335 e. The Bertz CT molecular complexity index is 1100. The van der Waals surface area contributed by atoms with Crippen LogP contribution in [0.2, 0.25) is 0 Å². The monoisotopic (exact) mass is 421 g/mol. The van der Waals surface area contributed by atoms with E-state index in [1.54, 1.807) is 6.26 Å². The molecular weight excluding hydrogens is 406 g/mol. The van der Waals surface area contributed by atoms with Gasteiger partial charge in [0.25, 0.3) is 10.0 Å². The molecule has 2 aromatic rings. The van der Waals surface area contributed by atoms with Crippen LogP contribution in [0.25, 0.3) is 0 Å². The van der Waals surface area contributed by atoms with Gasteiger partial charge in [0.15, 0.2) is 0 Å². The van der Waals surface area contributed by atoms with Crippen molar-refractivity contribution in [1.82, 2.24) is 0 Å². The van der Waals surface area contributed by atoms with E-state index in [2.05, 4.69) is 15.4 Å². The van der Waals surface area contributed by atoms with E-state index in [-0.39, 0.29) is 28.3 Å². The number of carbonyl (C=O) groups excluding carboxylic acids is 2. The Morgan fingerprint density at radius 3 is 2.39 bits per heavy atom. The number of rotatable bonds is 5. The van der Waals surface area contributed by atoms with E-state index < -0.39 is 27.8 Å². The second kappa shape index (κ2) is 7.52. The molecule has 9 nitrogen and oxygen atoms in total. The SMILES string of the molecule is CSc1cc(C(=O)O)ccc1NS(=O)(=O)c1ccc2c(c1)NC(=O)CC(=O)N2. The number of amides is 2. The molecule has 3 rings (SSSR count). The van der Waals surface area contributed by atoms with Gasteiger partial charge in [-0.25, -0.2) is 13.2 Å². The third kappa shape index (κ3) is 4.10. The summed E-state index contributed by atoms with van der Waals surface area (Å²) in [5.41, 5.74) is 0.732. The highest BCUT2D eigenvalue weighted by molar-refractivity contribution is 7.99. The summed E-state index contributed by atoms with van der Waals surface area (Å²) in [5, 5.41) is 14.1. The van der Waals surface area contributed by atoms with Crippen LogP contribution in [0.5, 0.6) is 0 Å². The highest BCUT2D eigenvalue weighted by Crippen LogP contribution is 2.31. The molecule has 0 spiro atoms. The Kier molecular flexibility index (Phi) is 5.29. The number of fused-ring (bicyclic) bond motifs is 1. The van der Waals surface area contributed by atoms with Crippen molar-refractivity contribution in [1.29, 1.82) is 0 Å². The van der Waals surface area contributed by atoms with Crippen LogP contribution in [-0.4, -0.2) is 37.6 Å². The lowest BCUT2D eigenvalue weighted by Crippen LogP contribution is -2.16. The molecule has 0 saturated carbocycles. The van der Waals surface area contributed by atoms with Gasteiger partial charge in [-0.05, 0) is 42.7 Å². The molecule has 28 heavy (non-hydrogen) atoms. The number of hydrogen-bond donors (Lipinski definition) is 4. The number of carboxylic acids is 1. The number of aromatic carboxylic acids is 1. The van der Waals surface area contributed by atoms with Gasteiger partial charge in [0.05, 0.1) is 27.5 Å². The quantitative estimate of drug-likeness (QED) is 0.428. The van der Waals surface area contributed by atoms with Crippen LogP contribution in [0.1, 0.15) is 16.8 Å². The molecule has 2 amide bonds. The van der Waals surface area contributed by atoms with Crippen molar-refractivity contribution in [2.75, 3.05) is 21.6 Å². The van der Waals surface area contributed by atoms with Gasteiger partial charge >= 0.3 is 5.97 Å². The number of carboxylic acid groups (broad SMARTS) is 1. The average Bonchev–Trinajstić information content (AvgIpc) is 2.76. The van der Waals surface area contributed by atoms with Crippen molar-refractivity contribution < 1.29 is 27.9 Å². The molecule has 0 aliphatic carbocycles. The molecule has 1 heterocycles. The van der Waals surface area contributed by atoms with E-state index in [1.165, 1.54) is 48.2 Å². The minimum atomic E-state index is -4.03. The molecule has 146 valence electrons. The van der Waals surface area contributed by atoms with Crippen LogP contribution in [0.4, 0.5) is 17.1 Å². The molecule has 0 unspecified atom stereocenters. The van der Waals surface area contributed by atoms with Gasteiger partial charge in [0.2, 0.25) is 11.8 Å². The lowest BCUT2D eigenvalue weighted by Gasteiger charge is -2.14. The summed E-state index contributed by atoms with van der Waals surface area (Å²) in [6, 6.07) is 7.97. The summed E-state index contributed by atoms with van der Waals surface area (Å²) < 4.78 is 28.0. The number of carbonyl (C=O) groups is 3. The van der Waals surface area contributed by atoms with Crippen LogP contribution in [-0.2, 0) is 19.6 Å². The average molecular weight is 421 g/mol. The molecular formula is C17H15N3O6S2. The Hall–Kier alpha value is -3.05. The molecule has 1 aliphatic rings. The second-order valence-electron chi connectivity index (χ2n) is 5.81. The molecule has 11 heteroatoms. The van der Waals surface area contributed by atoms with Crippen LogP contribution < -0.4 is 15.4 Å². The van der Waals surface area contributed by atoms with Crippen molar-refractivity contribution in [3.05, 3.63) is 42.0 Å². The number of sulfonamides is 1. The molecule has 0 radical (unpaired) electrons. The normalized spacial score (nSPS) is 13.8. The van der Waals surface area contributed by atoms with E-state index in [4.69, 9.17) is 5.11 Å². The van der Waals surface area contributed by atoms with Crippen molar-refractivity contribution in [2.24, 2.45) is 0 Å². The number of benzene rings is 2. The highest BCUT2D eigenvalue weighted by atomic mass is 32.2. The lowest BCUT2D eigenvalue weighted by atomic mass is 10.2. The zero-order valence-corrected chi connectivity index (χ0v) is 16.1. The Labute approximate surface area is 164 Å². The summed E-state index contributed by atoms with van der Waals surface area (Å²) >= 11 is 1.19. The number of hydrogen-bond acceptors (Lipinski definition) is 6. The van der Waals surface area contributed by atoms with Crippen molar-refractivity contribution in [3.8, 4) is 0 Å². The maximum atomic E-state index is 12.8. The van der Waals surface area contributed by atoms with E-state index in [1.807, 2.05) is 0 Å². The topological polar surface area (TPSA) is 142 Å². The first-order valence-electron chi connectivity index (χ1n) is 7.87. The molecule has 0 atom stereocenters. The third-order valence-corrected chi connectivity index (χ3v) is 6.00. The van der Waals surface area contributed by atoms with Gasteiger partial charge in [-0.3, -0.25) is 14.3 Å². The molecule has 4 N–H and O–H groups in total. The Morgan fingerprint density at radius 1 is 1.07 bits per heavy atom. The van der Waals surface area contributed by atoms with Crippen molar-refractivity contribution in [2.45, 2.75) is 16.2 Å². The molecule has 2 aromatic carbocycles. The fourth-order valence-corrected chi connectivity index (χ4v) is 4.30. The summed E-state index contributed by atoms with van der Waals surface area (Å²) in [4.78, 5) is 34.7. The number of anilines is 3. The second-order valence-corrected chi connectivity index (χ2v) is 8.34. The first kappa shape index (κ1) is 19.7. The molecule has 0 bridgehead atoms. The maximum absolute atomic E-state index is 12.8. The summed E-state index contributed by atoms with van der Waals surface area (Å²) in [7, 11) is -4.03. The van der Waals surface area contributed by atoms with Gasteiger partial charge in [-0.15, -0.1) is 11.8 Å². The summed E-state index contributed by atoms with van der Waals surface area (Å²) in [6.07, 6.45) is 1.33. The van der Waals surface area contributed by atoms with E-state index >= 15 is 0 Å². The first-order valence-corrected chi connectivity index (χ1v) is 10.6. The highest BCUT2D eigenvalue weighted by Gasteiger charge is 2.22. The minimum absolute atomic E-state index is 0.0378. The van der Waals surface area contributed by atoms with Crippen LogP contribution in [0, 0.1) is 0 Å². The fourth-order valence-electron chi connectivity index (χ4n) is 2.55. The van der Waals surface area contributed by atoms with E-state index in [9.17, 15) is 22.8 Å². The maximum Gasteiger partial charge on any atom is 0.335 e. The predicted octanol–water partition coefficient (Wildman–Crippen LogP) is 2.19. The van der Waals surface area contributed by atoms with E-state index in [0.717, 1.165) is 0 Å². The summed E-state index contributed by atoms with van der Waals surface area (Å²) in [6.45, 7) is 0. The van der Waals surface area contributed by atoms with Gasteiger partial charge < -0.3 is 15.7 Å². The molecule has 1 aliphatic heterocycles.